The normalized spacial score (nSPS) is 27.9. The summed E-state index contributed by atoms with van der Waals surface area (Å²) in [4.78, 5) is 21.8. The zero-order valence-corrected chi connectivity index (χ0v) is 15.7. The second kappa shape index (κ2) is 8.05. The van der Waals surface area contributed by atoms with E-state index in [0.717, 1.165) is 50.9 Å². The van der Waals surface area contributed by atoms with Gasteiger partial charge in [0.15, 0.2) is 0 Å². The highest BCUT2D eigenvalue weighted by atomic mass is 16.5. The van der Waals surface area contributed by atoms with E-state index >= 15 is 0 Å². The molecule has 4 rings (SSSR count). The summed E-state index contributed by atoms with van der Waals surface area (Å²) in [6.07, 6.45) is 8.31. The maximum atomic E-state index is 12.7. The van der Waals surface area contributed by atoms with Gasteiger partial charge in [0.2, 0.25) is 5.91 Å². The molecule has 0 saturated carbocycles. The van der Waals surface area contributed by atoms with Crippen LogP contribution in [0.3, 0.4) is 0 Å². The van der Waals surface area contributed by atoms with Gasteiger partial charge in [-0.3, -0.25) is 9.78 Å². The van der Waals surface area contributed by atoms with Crippen LogP contribution in [0.25, 0.3) is 0 Å². The fourth-order valence-corrected chi connectivity index (χ4v) is 5.01. The highest BCUT2D eigenvalue weighted by Gasteiger charge is 2.42. The largest absolute Gasteiger partial charge is 0.381 e. The number of likely N-dealkylation sites (tertiary alicyclic amines) is 2. The monoisotopic (exact) mass is 357 g/mol. The first-order valence-corrected chi connectivity index (χ1v) is 10.2. The van der Waals surface area contributed by atoms with Gasteiger partial charge < -0.3 is 14.5 Å². The summed E-state index contributed by atoms with van der Waals surface area (Å²) in [5.41, 5.74) is 1.20. The molecule has 0 N–H and O–H groups in total. The van der Waals surface area contributed by atoms with E-state index in [4.69, 9.17) is 4.74 Å². The zero-order valence-electron chi connectivity index (χ0n) is 15.7. The Hall–Kier alpha value is -1.46. The first-order chi connectivity index (χ1) is 12.7. The maximum absolute atomic E-state index is 12.7. The Kier molecular flexibility index (Phi) is 5.55. The van der Waals surface area contributed by atoms with Crippen LogP contribution in [0.1, 0.15) is 37.8 Å². The predicted octanol–water partition coefficient (Wildman–Crippen LogP) is 2.37. The van der Waals surface area contributed by atoms with E-state index in [1.165, 1.54) is 38.8 Å². The van der Waals surface area contributed by atoms with E-state index in [2.05, 4.69) is 14.8 Å². The van der Waals surface area contributed by atoms with Crippen LogP contribution in [0.5, 0.6) is 0 Å². The molecule has 26 heavy (non-hydrogen) atoms. The molecule has 142 valence electrons. The Morgan fingerprint density at radius 3 is 2.88 bits per heavy atom. The number of hydrogen-bond acceptors (Lipinski definition) is 4. The molecule has 3 saturated heterocycles. The Balaban J connectivity index is 1.31. The van der Waals surface area contributed by atoms with Crippen LogP contribution in [0.15, 0.2) is 24.4 Å². The minimum Gasteiger partial charge on any atom is -0.381 e. The molecule has 0 aromatic carbocycles. The number of hydrogen-bond donors (Lipinski definition) is 0. The second-order valence-electron chi connectivity index (χ2n) is 8.46. The number of nitrogens with zero attached hydrogens (tertiary/aromatic N) is 3. The summed E-state index contributed by atoms with van der Waals surface area (Å²) in [5, 5.41) is 0. The van der Waals surface area contributed by atoms with Gasteiger partial charge >= 0.3 is 0 Å². The molecule has 1 spiro atoms. The van der Waals surface area contributed by atoms with Crippen molar-refractivity contribution in [3.05, 3.63) is 30.1 Å². The first kappa shape index (κ1) is 17.9. The molecule has 0 bridgehead atoms. The third-order valence-corrected chi connectivity index (χ3v) is 6.45. The van der Waals surface area contributed by atoms with Crippen molar-refractivity contribution in [1.82, 2.24) is 14.8 Å². The summed E-state index contributed by atoms with van der Waals surface area (Å²) in [6.45, 7) is 7.31. The Morgan fingerprint density at radius 2 is 2.08 bits per heavy atom. The molecule has 1 amide bonds. The van der Waals surface area contributed by atoms with Crippen LogP contribution in [-0.4, -0.2) is 66.6 Å². The van der Waals surface area contributed by atoms with Crippen molar-refractivity contribution in [2.45, 2.75) is 38.5 Å². The lowest BCUT2D eigenvalue weighted by atomic mass is 9.79. The lowest BCUT2D eigenvalue weighted by molar-refractivity contribution is -0.130. The number of carbonyl (C=O) groups excluding carboxylic acids is 1. The van der Waals surface area contributed by atoms with Gasteiger partial charge in [0.05, 0.1) is 6.42 Å². The second-order valence-corrected chi connectivity index (χ2v) is 8.46. The third-order valence-electron chi connectivity index (χ3n) is 6.45. The standard InChI is InChI=1S/C21H31N3O2/c25-20(14-19-4-1-2-9-22-19)24-11-8-21(17-24)7-3-10-23(16-21)15-18-5-12-26-13-6-18/h1-2,4,9,18H,3,5-8,10-17H2/t21-/m1/s1. The smallest absolute Gasteiger partial charge is 0.228 e. The van der Waals surface area contributed by atoms with Crippen LogP contribution in [0.2, 0.25) is 0 Å². The molecule has 1 aromatic heterocycles. The molecule has 3 aliphatic rings. The molecule has 0 aliphatic carbocycles. The highest BCUT2D eigenvalue weighted by Crippen LogP contribution is 2.39. The zero-order chi connectivity index (χ0) is 17.8. The van der Waals surface area contributed by atoms with Crippen LogP contribution in [0, 0.1) is 11.3 Å². The van der Waals surface area contributed by atoms with Gasteiger partial charge in [0.1, 0.15) is 0 Å². The van der Waals surface area contributed by atoms with Gasteiger partial charge in [-0.25, -0.2) is 0 Å². The molecule has 0 unspecified atom stereocenters. The number of rotatable bonds is 4. The molecule has 1 atom stereocenters. The first-order valence-electron chi connectivity index (χ1n) is 10.2. The van der Waals surface area contributed by atoms with Crippen molar-refractivity contribution in [2.24, 2.45) is 11.3 Å². The van der Waals surface area contributed by atoms with E-state index in [9.17, 15) is 4.79 Å². The number of carbonyl (C=O) groups is 1. The molecule has 5 nitrogen and oxygen atoms in total. The minimum atomic E-state index is 0.238. The molecule has 0 radical (unpaired) electrons. The van der Waals surface area contributed by atoms with Crippen LogP contribution in [-0.2, 0) is 16.0 Å². The molecular formula is C21H31N3O2. The number of ether oxygens (including phenoxy) is 1. The van der Waals surface area contributed by atoms with Crippen molar-refractivity contribution < 1.29 is 9.53 Å². The van der Waals surface area contributed by atoms with Crippen molar-refractivity contribution in [3.63, 3.8) is 0 Å². The fourth-order valence-electron chi connectivity index (χ4n) is 5.01. The van der Waals surface area contributed by atoms with Crippen molar-refractivity contribution in [1.29, 1.82) is 0 Å². The molecule has 4 heterocycles. The molecule has 5 heteroatoms. The average Bonchev–Trinajstić information content (AvgIpc) is 3.07. The van der Waals surface area contributed by atoms with Gasteiger partial charge in [-0.2, -0.15) is 0 Å². The third kappa shape index (κ3) is 4.26. The number of amides is 1. The van der Waals surface area contributed by atoms with Crippen LogP contribution in [0.4, 0.5) is 0 Å². The average molecular weight is 357 g/mol. The summed E-state index contributed by atoms with van der Waals surface area (Å²) in [6, 6.07) is 5.80. The predicted molar refractivity (Wildman–Crippen MR) is 101 cm³/mol. The van der Waals surface area contributed by atoms with E-state index in [-0.39, 0.29) is 5.91 Å². The SMILES string of the molecule is O=C(Cc1ccccn1)N1CC[C@@]2(CCCN(CC3CCOCC3)C2)C1. The topological polar surface area (TPSA) is 45.7 Å². The van der Waals surface area contributed by atoms with E-state index in [1.807, 2.05) is 18.2 Å². The quantitative estimate of drug-likeness (QED) is 0.830. The van der Waals surface area contributed by atoms with E-state index < -0.39 is 0 Å². The van der Waals surface area contributed by atoms with Crippen LogP contribution >= 0.6 is 0 Å². The highest BCUT2D eigenvalue weighted by molar-refractivity contribution is 5.78. The maximum Gasteiger partial charge on any atom is 0.228 e. The number of piperidine rings is 1. The molecule has 3 fully saturated rings. The number of aromatic nitrogens is 1. The van der Waals surface area contributed by atoms with Gasteiger partial charge in [0, 0.05) is 56.7 Å². The van der Waals surface area contributed by atoms with E-state index in [0.29, 0.717) is 11.8 Å². The van der Waals surface area contributed by atoms with E-state index in [1.54, 1.807) is 6.20 Å². The van der Waals surface area contributed by atoms with Gasteiger partial charge in [-0.05, 0) is 56.7 Å². The Morgan fingerprint density at radius 1 is 1.19 bits per heavy atom. The van der Waals surface area contributed by atoms with Crippen LogP contribution < -0.4 is 0 Å². The summed E-state index contributed by atoms with van der Waals surface area (Å²) in [5.74, 6) is 1.03. The van der Waals surface area contributed by atoms with Gasteiger partial charge in [-0.1, -0.05) is 6.07 Å². The lowest BCUT2D eigenvalue weighted by Crippen LogP contribution is -2.47. The molecular weight excluding hydrogens is 326 g/mol. The summed E-state index contributed by atoms with van der Waals surface area (Å²) < 4.78 is 5.50. The Bertz CT molecular complexity index is 603. The summed E-state index contributed by atoms with van der Waals surface area (Å²) in [7, 11) is 0. The van der Waals surface area contributed by atoms with Crippen molar-refractivity contribution >= 4 is 5.91 Å². The van der Waals surface area contributed by atoms with Crippen molar-refractivity contribution in [2.75, 3.05) is 45.9 Å². The molecule has 3 aliphatic heterocycles. The lowest BCUT2D eigenvalue weighted by Gasteiger charge is -2.42. The fraction of sp³-hybridized carbons (Fsp3) is 0.714. The number of pyridine rings is 1. The summed E-state index contributed by atoms with van der Waals surface area (Å²) >= 11 is 0. The Labute approximate surface area is 156 Å². The van der Waals surface area contributed by atoms with Gasteiger partial charge in [-0.15, -0.1) is 0 Å². The van der Waals surface area contributed by atoms with Gasteiger partial charge in [0.25, 0.3) is 0 Å². The molecule has 1 aromatic rings. The minimum absolute atomic E-state index is 0.238. The van der Waals surface area contributed by atoms with Crippen molar-refractivity contribution in [3.8, 4) is 0 Å².